The maximum Gasteiger partial charge on any atom is 0.239 e. The van der Waals surface area contributed by atoms with Gasteiger partial charge >= 0.3 is 0 Å². The van der Waals surface area contributed by atoms with Crippen LogP contribution in [0.3, 0.4) is 0 Å². The Hall–Kier alpha value is -1.91. The van der Waals surface area contributed by atoms with Gasteiger partial charge < -0.3 is 10.5 Å². The van der Waals surface area contributed by atoms with E-state index in [1.54, 1.807) is 0 Å². The number of hydrogen-bond donors (Lipinski definition) is 1. The number of rotatable bonds is 3. The van der Waals surface area contributed by atoms with Gasteiger partial charge in [0, 0.05) is 13.1 Å². The Morgan fingerprint density at radius 2 is 2.11 bits per heavy atom. The number of nitrogens with two attached hydrogens (primary N) is 1. The Morgan fingerprint density at radius 1 is 1.26 bits per heavy atom. The highest BCUT2D eigenvalue weighted by Gasteiger charge is 2.55. The summed E-state index contributed by atoms with van der Waals surface area (Å²) in [5.74, 6) is 0.855. The Labute approximate surface area is 161 Å². The minimum atomic E-state index is -0.367. The molecular formula is C23H27N2O2. The molecule has 4 nitrogen and oxygen atoms in total. The van der Waals surface area contributed by atoms with Gasteiger partial charge in [-0.25, -0.2) is 0 Å². The van der Waals surface area contributed by atoms with E-state index < -0.39 is 0 Å². The van der Waals surface area contributed by atoms with E-state index in [0.29, 0.717) is 17.9 Å². The maximum absolute atomic E-state index is 12.4. The molecule has 1 fully saturated rings. The van der Waals surface area contributed by atoms with Crippen LogP contribution in [0.15, 0.2) is 42.5 Å². The average Bonchev–Trinajstić information content (AvgIpc) is 3.01. The van der Waals surface area contributed by atoms with E-state index in [-0.39, 0.29) is 17.6 Å². The van der Waals surface area contributed by atoms with Crippen LogP contribution in [-0.2, 0) is 16.0 Å². The largest absolute Gasteiger partial charge is 0.369 e. The molecule has 1 saturated heterocycles. The summed E-state index contributed by atoms with van der Waals surface area (Å²) in [5, 5.41) is 0. The number of ether oxygens (including phenoxy) is 1. The number of fused-ring (bicyclic) bond motifs is 4. The third kappa shape index (κ3) is 2.77. The molecule has 0 saturated carbocycles. The second kappa shape index (κ2) is 6.61. The first-order chi connectivity index (χ1) is 13.2. The molecule has 5 unspecified atom stereocenters. The highest BCUT2D eigenvalue weighted by atomic mass is 16.5. The maximum atomic E-state index is 12.4. The first-order valence-corrected chi connectivity index (χ1v) is 10.2. The minimum absolute atomic E-state index is 0.192. The molecule has 1 aromatic carbocycles. The van der Waals surface area contributed by atoms with Crippen LogP contribution in [0.1, 0.15) is 42.9 Å². The smallest absolute Gasteiger partial charge is 0.239 e. The van der Waals surface area contributed by atoms with E-state index in [1.807, 2.05) is 18.2 Å². The normalized spacial score (nSPS) is 37.5. The van der Waals surface area contributed by atoms with E-state index in [1.165, 1.54) is 5.56 Å². The SMILES string of the molecule is NC(=O)C1c2cc[c]cc2CCN1CC12CC=CCC1C1CC=CCC1O2. The van der Waals surface area contributed by atoms with Gasteiger partial charge in [0.25, 0.3) is 0 Å². The van der Waals surface area contributed by atoms with Gasteiger partial charge in [0.15, 0.2) is 0 Å². The first-order valence-electron chi connectivity index (χ1n) is 10.2. The van der Waals surface area contributed by atoms with Gasteiger partial charge in [-0.3, -0.25) is 9.69 Å². The molecule has 0 bridgehead atoms. The molecule has 5 rings (SSSR count). The van der Waals surface area contributed by atoms with Gasteiger partial charge in [-0.1, -0.05) is 42.5 Å². The zero-order valence-corrected chi connectivity index (χ0v) is 15.6. The van der Waals surface area contributed by atoms with Crippen molar-refractivity contribution in [2.45, 2.75) is 49.9 Å². The lowest BCUT2D eigenvalue weighted by Gasteiger charge is -2.44. The fourth-order valence-corrected chi connectivity index (χ4v) is 5.88. The summed E-state index contributed by atoms with van der Waals surface area (Å²) in [5.41, 5.74) is 7.92. The van der Waals surface area contributed by atoms with Crippen molar-refractivity contribution in [3.05, 3.63) is 59.7 Å². The number of nitrogens with zero attached hydrogens (tertiary/aromatic N) is 1. The molecule has 1 aromatic rings. The van der Waals surface area contributed by atoms with E-state index >= 15 is 0 Å². The number of hydrogen-bond acceptors (Lipinski definition) is 3. The molecule has 1 amide bonds. The molecule has 2 aliphatic carbocycles. The van der Waals surface area contributed by atoms with Crippen LogP contribution in [0.2, 0.25) is 0 Å². The minimum Gasteiger partial charge on any atom is -0.369 e. The van der Waals surface area contributed by atoms with Crippen molar-refractivity contribution in [2.75, 3.05) is 13.1 Å². The Bertz CT molecular complexity index is 801. The van der Waals surface area contributed by atoms with Crippen LogP contribution in [0.5, 0.6) is 0 Å². The summed E-state index contributed by atoms with van der Waals surface area (Å²) < 4.78 is 6.77. The molecular weight excluding hydrogens is 336 g/mol. The summed E-state index contributed by atoms with van der Waals surface area (Å²) in [6, 6.07) is 8.66. The molecule has 2 heterocycles. The van der Waals surface area contributed by atoms with Gasteiger partial charge in [-0.2, -0.15) is 0 Å². The Morgan fingerprint density at radius 3 is 3.00 bits per heavy atom. The predicted octanol–water partition coefficient (Wildman–Crippen LogP) is 2.94. The highest BCUT2D eigenvalue weighted by molar-refractivity contribution is 5.82. The standard InChI is InChI=1S/C23H27N2O2/c24-22(26)21-17-8-2-1-7-16(17)12-14-25(21)15-23-13-6-5-10-19(23)18-9-3-4-11-20(18)27-23/h2-8,18-21H,9-15H2,(H2,24,26). The molecule has 5 atom stereocenters. The monoisotopic (exact) mass is 363 g/mol. The summed E-state index contributed by atoms with van der Waals surface area (Å²) >= 11 is 0. The topological polar surface area (TPSA) is 55.6 Å². The van der Waals surface area contributed by atoms with Gasteiger partial charge in [0.2, 0.25) is 5.91 Å². The fraction of sp³-hybridized carbons (Fsp3) is 0.522. The number of carbonyl (C=O) groups is 1. The summed E-state index contributed by atoms with van der Waals surface area (Å²) in [6.07, 6.45) is 14.6. The first kappa shape index (κ1) is 17.2. The molecule has 141 valence electrons. The van der Waals surface area contributed by atoms with Gasteiger partial charge in [0.1, 0.15) is 6.04 Å². The third-order valence-electron chi connectivity index (χ3n) is 7.08. The van der Waals surface area contributed by atoms with Crippen molar-refractivity contribution in [1.82, 2.24) is 4.90 Å². The number of primary amides is 1. The quantitative estimate of drug-likeness (QED) is 0.840. The average molecular weight is 363 g/mol. The third-order valence-corrected chi connectivity index (χ3v) is 7.08. The number of carbonyl (C=O) groups excluding carboxylic acids is 1. The zero-order valence-electron chi connectivity index (χ0n) is 15.6. The second-order valence-electron chi connectivity index (χ2n) is 8.50. The van der Waals surface area contributed by atoms with Crippen molar-refractivity contribution in [3.63, 3.8) is 0 Å². The summed E-state index contributed by atoms with van der Waals surface area (Å²) in [7, 11) is 0. The molecule has 0 aromatic heterocycles. The molecule has 27 heavy (non-hydrogen) atoms. The lowest BCUT2D eigenvalue weighted by molar-refractivity contribution is -0.128. The van der Waals surface area contributed by atoms with E-state index in [2.05, 4.69) is 35.3 Å². The van der Waals surface area contributed by atoms with Crippen LogP contribution < -0.4 is 5.73 Å². The van der Waals surface area contributed by atoms with Crippen molar-refractivity contribution < 1.29 is 9.53 Å². The second-order valence-corrected chi connectivity index (χ2v) is 8.50. The zero-order chi connectivity index (χ0) is 18.4. The Balaban J connectivity index is 1.46. The summed E-state index contributed by atoms with van der Waals surface area (Å²) in [6.45, 7) is 1.62. The molecule has 2 aliphatic heterocycles. The molecule has 4 heteroatoms. The fourth-order valence-electron chi connectivity index (χ4n) is 5.88. The van der Waals surface area contributed by atoms with Crippen molar-refractivity contribution in [2.24, 2.45) is 17.6 Å². The number of allylic oxidation sites excluding steroid dienone is 2. The van der Waals surface area contributed by atoms with Crippen LogP contribution >= 0.6 is 0 Å². The van der Waals surface area contributed by atoms with Gasteiger partial charge in [-0.15, -0.1) is 0 Å². The Kier molecular flexibility index (Phi) is 4.21. The number of amides is 1. The molecule has 1 radical (unpaired) electrons. The molecule has 2 N–H and O–H groups in total. The number of benzene rings is 1. The van der Waals surface area contributed by atoms with E-state index in [0.717, 1.165) is 50.8 Å². The van der Waals surface area contributed by atoms with Gasteiger partial charge in [0.05, 0.1) is 11.7 Å². The van der Waals surface area contributed by atoms with Crippen LogP contribution in [0, 0.1) is 17.9 Å². The van der Waals surface area contributed by atoms with Crippen molar-refractivity contribution >= 4 is 5.91 Å². The van der Waals surface area contributed by atoms with Crippen LogP contribution in [-0.4, -0.2) is 35.6 Å². The predicted molar refractivity (Wildman–Crippen MR) is 104 cm³/mol. The molecule has 0 spiro atoms. The van der Waals surface area contributed by atoms with Crippen LogP contribution in [0.25, 0.3) is 0 Å². The van der Waals surface area contributed by atoms with Crippen molar-refractivity contribution in [3.8, 4) is 0 Å². The lowest BCUT2D eigenvalue weighted by Crippen LogP contribution is -2.53. The highest BCUT2D eigenvalue weighted by Crippen LogP contribution is 2.52. The lowest BCUT2D eigenvalue weighted by atomic mass is 9.70. The van der Waals surface area contributed by atoms with Crippen molar-refractivity contribution in [1.29, 1.82) is 0 Å². The van der Waals surface area contributed by atoms with Crippen LogP contribution in [0.4, 0.5) is 0 Å². The summed E-state index contributed by atoms with van der Waals surface area (Å²) in [4.78, 5) is 14.7. The van der Waals surface area contributed by atoms with E-state index in [4.69, 9.17) is 10.5 Å². The van der Waals surface area contributed by atoms with E-state index in [9.17, 15) is 4.79 Å². The molecule has 4 aliphatic rings. The van der Waals surface area contributed by atoms with Gasteiger partial charge in [-0.05, 0) is 61.1 Å².